The zero-order chi connectivity index (χ0) is 25.2. The molecular weight excluding hydrogens is 536 g/mol. The molecule has 1 atom stereocenters. The van der Waals surface area contributed by atoms with Crippen molar-refractivity contribution in [2.75, 3.05) is 19.0 Å². The van der Waals surface area contributed by atoms with Crippen molar-refractivity contribution < 1.29 is 103 Å². The molecule has 0 aliphatic heterocycles. The molecule has 1 unspecified atom stereocenters. The van der Waals surface area contributed by atoms with Gasteiger partial charge in [0.1, 0.15) is 6.10 Å². The molecule has 0 aromatic heterocycles. The Bertz CT molecular complexity index is 1230. The van der Waals surface area contributed by atoms with Crippen molar-refractivity contribution in [1.29, 1.82) is 0 Å². The summed E-state index contributed by atoms with van der Waals surface area (Å²) in [5, 5.41) is 2.52. The van der Waals surface area contributed by atoms with E-state index in [9.17, 15) is 30.7 Å². The number of carbonyl (C=O) groups excluding carboxylic acids is 1. The van der Waals surface area contributed by atoms with Crippen LogP contribution >= 0.6 is 0 Å². The molecule has 2 aromatic rings. The fourth-order valence-corrected chi connectivity index (χ4v) is 3.41. The van der Waals surface area contributed by atoms with Crippen LogP contribution in [0.25, 0.3) is 5.57 Å². The van der Waals surface area contributed by atoms with Crippen molar-refractivity contribution in [3.63, 3.8) is 0 Å². The molecular formula is C21H21NNa2O10S2. The normalized spacial score (nSPS) is 12.8. The average Bonchev–Trinajstić information content (AvgIpc) is 2.77. The van der Waals surface area contributed by atoms with Gasteiger partial charge in [-0.1, -0.05) is 54.6 Å². The predicted molar refractivity (Wildman–Crippen MR) is 120 cm³/mol. The molecule has 2 rings (SSSR count). The van der Waals surface area contributed by atoms with Crippen LogP contribution in [0.1, 0.15) is 11.1 Å². The summed E-state index contributed by atoms with van der Waals surface area (Å²) in [5.74, 6) is 0. The van der Waals surface area contributed by atoms with Crippen LogP contribution in [0.15, 0.2) is 72.8 Å². The standard InChI is InChI=1S/C21H23NO10S2.2Na/c1-30-21(23)22-19-12-10-16(11-13-19)6-5-9-18(17-7-3-2-4-8-17)14-20(32-34(27,28)29)15-31-33(24,25)26;;/h2-5,7-14,20H,6,15H2,1H3,(H,22,23)(H,24,25,26)(H,27,28,29);;/q;2*+1/p-2. The minimum Gasteiger partial charge on any atom is -0.726 e. The number of rotatable bonds is 11. The summed E-state index contributed by atoms with van der Waals surface area (Å²) >= 11 is 0. The zero-order valence-corrected chi connectivity index (χ0v) is 25.5. The van der Waals surface area contributed by atoms with Crippen LogP contribution in [-0.4, -0.2) is 51.9 Å². The largest absolute Gasteiger partial charge is 1.00 e. The number of hydrogen-bond acceptors (Lipinski definition) is 10. The summed E-state index contributed by atoms with van der Waals surface area (Å²) in [7, 11) is -9.13. The van der Waals surface area contributed by atoms with Gasteiger partial charge >= 0.3 is 65.2 Å². The van der Waals surface area contributed by atoms with Crippen molar-refractivity contribution in [3.05, 3.63) is 84.0 Å². The summed E-state index contributed by atoms with van der Waals surface area (Å²) in [6.07, 6.45) is 2.66. The van der Waals surface area contributed by atoms with Crippen LogP contribution in [0, 0.1) is 0 Å². The molecule has 0 aliphatic rings. The average molecular weight is 558 g/mol. The monoisotopic (exact) mass is 557 g/mol. The maximum Gasteiger partial charge on any atom is 1.00 e. The number of nitrogens with one attached hydrogen (secondary N) is 1. The Morgan fingerprint density at radius 2 is 1.58 bits per heavy atom. The number of amides is 1. The Hall–Kier alpha value is -1.07. The van der Waals surface area contributed by atoms with Crippen molar-refractivity contribution in [1.82, 2.24) is 0 Å². The molecule has 15 heteroatoms. The Labute approximate surface area is 254 Å². The zero-order valence-electron chi connectivity index (χ0n) is 19.8. The molecule has 0 fully saturated rings. The minimum absolute atomic E-state index is 0. The second-order valence-electron chi connectivity index (χ2n) is 6.64. The van der Waals surface area contributed by atoms with Crippen molar-refractivity contribution in [3.8, 4) is 0 Å². The van der Waals surface area contributed by atoms with Crippen molar-refractivity contribution in [2.24, 2.45) is 0 Å². The third kappa shape index (κ3) is 14.6. The first-order valence-electron chi connectivity index (χ1n) is 9.57. The van der Waals surface area contributed by atoms with Crippen LogP contribution in [0.3, 0.4) is 0 Å². The summed E-state index contributed by atoms with van der Waals surface area (Å²) in [6.45, 7) is -1.01. The van der Waals surface area contributed by atoms with E-state index in [1.54, 1.807) is 66.7 Å². The number of carbonyl (C=O) groups is 1. The number of benzene rings is 2. The van der Waals surface area contributed by atoms with Gasteiger partial charge in [-0.05, 0) is 41.3 Å². The van der Waals surface area contributed by atoms with Gasteiger partial charge in [0.05, 0.1) is 13.7 Å². The smallest absolute Gasteiger partial charge is 0.726 e. The minimum atomic E-state index is -5.23. The van der Waals surface area contributed by atoms with Crippen LogP contribution < -0.4 is 64.4 Å². The fourth-order valence-electron chi connectivity index (χ4n) is 2.70. The molecule has 0 saturated heterocycles. The number of methoxy groups -OCH3 is 1. The maximum atomic E-state index is 11.2. The van der Waals surface area contributed by atoms with Gasteiger partial charge in [0.25, 0.3) is 0 Å². The first kappa shape index (κ1) is 34.9. The molecule has 0 bridgehead atoms. The van der Waals surface area contributed by atoms with Gasteiger partial charge in [0.15, 0.2) is 0 Å². The molecule has 1 N–H and O–H groups in total. The van der Waals surface area contributed by atoms with Gasteiger partial charge in [-0.2, -0.15) is 0 Å². The number of hydrogen-bond donors (Lipinski definition) is 1. The van der Waals surface area contributed by atoms with E-state index in [2.05, 4.69) is 18.4 Å². The van der Waals surface area contributed by atoms with Crippen LogP contribution in [0.5, 0.6) is 0 Å². The summed E-state index contributed by atoms with van der Waals surface area (Å²) in [5.41, 5.74) is 2.38. The molecule has 184 valence electrons. The summed E-state index contributed by atoms with van der Waals surface area (Å²) in [6, 6.07) is 15.4. The Morgan fingerprint density at radius 1 is 0.972 bits per heavy atom. The quantitative estimate of drug-likeness (QED) is 0.126. The molecule has 11 nitrogen and oxygen atoms in total. The maximum absolute atomic E-state index is 11.2. The van der Waals surface area contributed by atoms with Crippen LogP contribution in [-0.2, 0) is 40.3 Å². The molecule has 2 aromatic carbocycles. The van der Waals surface area contributed by atoms with E-state index in [0.717, 1.165) is 11.6 Å². The SMILES string of the molecule is COC(=O)Nc1ccc(CC=CC(=CC(COS(=O)(=O)[O-])OS(=O)(=O)[O-])c2ccccc2)cc1.[Na+].[Na+]. The first-order chi connectivity index (χ1) is 15.9. The van der Waals surface area contributed by atoms with Gasteiger partial charge in [-0.25, -0.2) is 21.6 Å². The van der Waals surface area contributed by atoms with Crippen LogP contribution in [0.4, 0.5) is 10.5 Å². The van der Waals surface area contributed by atoms with E-state index in [4.69, 9.17) is 0 Å². The van der Waals surface area contributed by atoms with Gasteiger partial charge in [-0.3, -0.25) is 13.7 Å². The summed E-state index contributed by atoms with van der Waals surface area (Å²) < 4.78 is 78.4. The van der Waals surface area contributed by atoms with E-state index in [0.29, 0.717) is 23.2 Å². The fraction of sp³-hybridized carbons (Fsp3) is 0.190. The van der Waals surface area contributed by atoms with Crippen molar-refractivity contribution >= 4 is 38.2 Å². The van der Waals surface area contributed by atoms with E-state index < -0.39 is 39.6 Å². The molecule has 1 amide bonds. The second-order valence-corrected chi connectivity index (χ2v) is 8.70. The Balaban J connectivity index is 0.00000612. The van der Waals surface area contributed by atoms with Gasteiger partial charge in [0, 0.05) is 5.69 Å². The molecule has 0 aliphatic carbocycles. The number of allylic oxidation sites excluding steroid dienone is 3. The van der Waals surface area contributed by atoms with Gasteiger partial charge < -0.3 is 13.8 Å². The Morgan fingerprint density at radius 3 is 2.11 bits per heavy atom. The second kappa shape index (κ2) is 16.7. The van der Waals surface area contributed by atoms with Crippen molar-refractivity contribution in [2.45, 2.75) is 12.5 Å². The summed E-state index contributed by atoms with van der Waals surface area (Å²) in [4.78, 5) is 11.2. The van der Waals surface area contributed by atoms with Gasteiger partial charge in [-0.15, -0.1) is 0 Å². The van der Waals surface area contributed by atoms with E-state index in [1.165, 1.54) is 7.11 Å². The number of anilines is 1. The van der Waals surface area contributed by atoms with Crippen LogP contribution in [0.2, 0.25) is 0 Å². The predicted octanol–water partition coefficient (Wildman–Crippen LogP) is -3.62. The molecule has 0 heterocycles. The third-order valence-corrected chi connectivity index (χ3v) is 5.04. The number of ether oxygens (including phenoxy) is 1. The van der Waals surface area contributed by atoms with E-state index >= 15 is 0 Å². The topological polar surface area (TPSA) is 171 Å². The van der Waals surface area contributed by atoms with E-state index in [1.807, 2.05) is 0 Å². The first-order valence-corrected chi connectivity index (χ1v) is 12.2. The molecule has 36 heavy (non-hydrogen) atoms. The Kier molecular flexibility index (Phi) is 16.2. The molecule has 0 spiro atoms. The van der Waals surface area contributed by atoms with E-state index in [-0.39, 0.29) is 59.1 Å². The molecule has 0 radical (unpaired) electrons. The molecule has 0 saturated carbocycles. The third-order valence-electron chi connectivity index (χ3n) is 4.13. The van der Waals surface area contributed by atoms with Gasteiger partial charge in [0.2, 0.25) is 20.8 Å².